The van der Waals surface area contributed by atoms with Crippen LogP contribution in [0.2, 0.25) is 0 Å². The van der Waals surface area contributed by atoms with Gasteiger partial charge in [0.05, 0.1) is 0 Å². The van der Waals surface area contributed by atoms with Gasteiger partial charge in [-0.2, -0.15) is 0 Å². The minimum atomic E-state index is -0.652. The average Bonchev–Trinajstić information content (AvgIpc) is 2.61. The standard InChI is InChI=1S/C15H18BrNO2/c16-11-2-1-3-12(9-11)17-13-4-5-14(17)7-10(6-13)8-15(18)19/h1-3,9-10,13-14H,4-8H2,(H,18,19). The molecule has 3 rings (SSSR count). The van der Waals surface area contributed by atoms with Gasteiger partial charge in [0.1, 0.15) is 0 Å². The van der Waals surface area contributed by atoms with Gasteiger partial charge >= 0.3 is 5.97 Å². The fraction of sp³-hybridized carbons (Fsp3) is 0.533. The third-order valence-corrected chi connectivity index (χ3v) is 4.89. The lowest BCUT2D eigenvalue weighted by Crippen LogP contribution is -2.43. The second-order valence-corrected chi connectivity index (χ2v) is 6.62. The first-order chi connectivity index (χ1) is 9.13. The number of anilines is 1. The number of nitrogens with zero attached hydrogens (tertiary/aromatic N) is 1. The highest BCUT2D eigenvalue weighted by atomic mass is 79.9. The van der Waals surface area contributed by atoms with Gasteiger partial charge < -0.3 is 10.0 Å². The first kappa shape index (κ1) is 13.0. The molecule has 2 atom stereocenters. The van der Waals surface area contributed by atoms with E-state index in [1.54, 1.807) is 0 Å². The van der Waals surface area contributed by atoms with E-state index in [2.05, 4.69) is 39.0 Å². The summed E-state index contributed by atoms with van der Waals surface area (Å²) in [6, 6.07) is 9.50. The molecule has 2 saturated heterocycles. The Bertz CT molecular complexity index is 477. The zero-order valence-electron chi connectivity index (χ0n) is 10.8. The van der Waals surface area contributed by atoms with Gasteiger partial charge in [-0.3, -0.25) is 4.79 Å². The molecular weight excluding hydrogens is 306 g/mol. The lowest BCUT2D eigenvalue weighted by atomic mass is 9.88. The zero-order valence-corrected chi connectivity index (χ0v) is 12.3. The summed E-state index contributed by atoms with van der Waals surface area (Å²) in [5.74, 6) is -0.293. The van der Waals surface area contributed by atoms with Gasteiger partial charge in [0.15, 0.2) is 0 Å². The van der Waals surface area contributed by atoms with Crippen molar-refractivity contribution in [2.75, 3.05) is 4.90 Å². The Balaban J connectivity index is 1.78. The van der Waals surface area contributed by atoms with Crippen molar-refractivity contribution in [1.82, 2.24) is 0 Å². The molecule has 2 aliphatic rings. The molecule has 2 aliphatic heterocycles. The van der Waals surface area contributed by atoms with E-state index in [9.17, 15) is 4.79 Å². The van der Waals surface area contributed by atoms with Crippen LogP contribution < -0.4 is 4.90 Å². The summed E-state index contributed by atoms with van der Waals surface area (Å²) in [6.45, 7) is 0. The van der Waals surface area contributed by atoms with E-state index in [0.717, 1.165) is 17.3 Å². The Kier molecular flexibility index (Phi) is 3.52. The van der Waals surface area contributed by atoms with Crippen LogP contribution in [-0.4, -0.2) is 23.2 Å². The van der Waals surface area contributed by atoms with Crippen molar-refractivity contribution in [3.63, 3.8) is 0 Å². The zero-order chi connectivity index (χ0) is 13.4. The van der Waals surface area contributed by atoms with Crippen LogP contribution in [0.4, 0.5) is 5.69 Å². The molecule has 1 aromatic carbocycles. The largest absolute Gasteiger partial charge is 0.481 e. The molecule has 0 aliphatic carbocycles. The average molecular weight is 324 g/mol. The minimum Gasteiger partial charge on any atom is -0.481 e. The first-order valence-corrected chi connectivity index (χ1v) is 7.68. The van der Waals surface area contributed by atoms with Crippen LogP contribution in [0.25, 0.3) is 0 Å². The fourth-order valence-corrected chi connectivity index (χ4v) is 4.15. The first-order valence-electron chi connectivity index (χ1n) is 6.89. The third kappa shape index (κ3) is 2.64. The summed E-state index contributed by atoms with van der Waals surface area (Å²) in [6.07, 6.45) is 4.78. The lowest BCUT2D eigenvalue weighted by Gasteiger charge is -2.40. The van der Waals surface area contributed by atoms with Crippen LogP contribution in [0.15, 0.2) is 28.7 Å². The van der Waals surface area contributed by atoms with E-state index in [4.69, 9.17) is 5.11 Å². The van der Waals surface area contributed by atoms with Gasteiger partial charge in [-0.1, -0.05) is 22.0 Å². The predicted molar refractivity (Wildman–Crippen MR) is 78.4 cm³/mol. The number of carbonyl (C=O) groups is 1. The monoisotopic (exact) mass is 323 g/mol. The maximum absolute atomic E-state index is 10.9. The molecule has 2 bridgehead atoms. The van der Waals surface area contributed by atoms with Crippen molar-refractivity contribution in [1.29, 1.82) is 0 Å². The Hall–Kier alpha value is -1.03. The molecule has 2 unspecified atom stereocenters. The molecule has 0 aromatic heterocycles. The fourth-order valence-electron chi connectivity index (χ4n) is 3.76. The highest BCUT2D eigenvalue weighted by Gasteiger charge is 2.41. The maximum Gasteiger partial charge on any atom is 0.303 e. The van der Waals surface area contributed by atoms with Gasteiger partial charge in [0, 0.05) is 28.7 Å². The Morgan fingerprint density at radius 3 is 2.58 bits per heavy atom. The summed E-state index contributed by atoms with van der Waals surface area (Å²) in [4.78, 5) is 13.4. The number of carboxylic acids is 1. The second kappa shape index (κ2) is 5.16. The molecule has 0 radical (unpaired) electrons. The maximum atomic E-state index is 10.9. The Morgan fingerprint density at radius 2 is 2.00 bits per heavy atom. The van der Waals surface area contributed by atoms with Crippen molar-refractivity contribution in [3.05, 3.63) is 28.7 Å². The molecule has 102 valence electrons. The quantitative estimate of drug-likeness (QED) is 0.922. The van der Waals surface area contributed by atoms with Crippen LogP contribution in [-0.2, 0) is 4.79 Å². The number of rotatable bonds is 3. The highest BCUT2D eigenvalue weighted by molar-refractivity contribution is 9.10. The van der Waals surface area contributed by atoms with Crippen molar-refractivity contribution in [3.8, 4) is 0 Å². The molecule has 4 heteroatoms. The van der Waals surface area contributed by atoms with Crippen LogP contribution in [0, 0.1) is 5.92 Å². The Morgan fingerprint density at radius 1 is 1.32 bits per heavy atom. The van der Waals surface area contributed by atoms with E-state index in [1.807, 2.05) is 6.07 Å². The van der Waals surface area contributed by atoms with Crippen molar-refractivity contribution in [2.45, 2.75) is 44.2 Å². The number of fused-ring (bicyclic) bond motifs is 2. The van der Waals surface area contributed by atoms with Gasteiger partial charge in [-0.05, 0) is 49.8 Å². The molecule has 2 fully saturated rings. The highest BCUT2D eigenvalue weighted by Crippen LogP contribution is 2.42. The van der Waals surface area contributed by atoms with Crippen molar-refractivity contribution < 1.29 is 9.90 Å². The molecule has 1 N–H and O–H groups in total. The van der Waals surface area contributed by atoms with Gasteiger partial charge in [0.2, 0.25) is 0 Å². The number of carboxylic acid groups (broad SMARTS) is 1. The number of aliphatic carboxylic acids is 1. The van der Waals surface area contributed by atoms with Crippen molar-refractivity contribution in [2.24, 2.45) is 5.92 Å². The number of hydrogen-bond donors (Lipinski definition) is 1. The third-order valence-electron chi connectivity index (χ3n) is 4.40. The molecule has 2 heterocycles. The van der Waals surface area contributed by atoms with Crippen LogP contribution in [0.3, 0.4) is 0 Å². The van der Waals surface area contributed by atoms with E-state index in [-0.39, 0.29) is 0 Å². The Labute approximate surface area is 121 Å². The lowest BCUT2D eigenvalue weighted by molar-refractivity contribution is -0.138. The van der Waals surface area contributed by atoms with Gasteiger partial charge in [0.25, 0.3) is 0 Å². The molecule has 0 amide bonds. The summed E-state index contributed by atoms with van der Waals surface area (Å²) in [7, 11) is 0. The molecule has 3 nitrogen and oxygen atoms in total. The molecule has 19 heavy (non-hydrogen) atoms. The molecular formula is C15H18BrNO2. The summed E-state index contributed by atoms with van der Waals surface area (Å²) >= 11 is 3.53. The van der Waals surface area contributed by atoms with Gasteiger partial charge in [-0.15, -0.1) is 0 Å². The van der Waals surface area contributed by atoms with E-state index in [0.29, 0.717) is 24.4 Å². The van der Waals surface area contributed by atoms with Crippen LogP contribution in [0.1, 0.15) is 32.1 Å². The number of halogens is 1. The normalized spacial score (nSPS) is 29.5. The smallest absolute Gasteiger partial charge is 0.303 e. The van der Waals surface area contributed by atoms with E-state index in [1.165, 1.54) is 18.5 Å². The summed E-state index contributed by atoms with van der Waals surface area (Å²) in [5.41, 5.74) is 1.27. The van der Waals surface area contributed by atoms with E-state index < -0.39 is 5.97 Å². The molecule has 0 spiro atoms. The van der Waals surface area contributed by atoms with Crippen molar-refractivity contribution >= 4 is 27.6 Å². The summed E-state index contributed by atoms with van der Waals surface area (Å²) < 4.78 is 1.11. The van der Waals surface area contributed by atoms with Crippen LogP contribution >= 0.6 is 15.9 Å². The number of piperidine rings is 1. The minimum absolute atomic E-state index is 0.333. The number of benzene rings is 1. The molecule has 0 saturated carbocycles. The number of hydrogen-bond acceptors (Lipinski definition) is 2. The second-order valence-electron chi connectivity index (χ2n) is 5.71. The van der Waals surface area contributed by atoms with E-state index >= 15 is 0 Å². The van der Waals surface area contributed by atoms with Gasteiger partial charge in [-0.25, -0.2) is 0 Å². The SMILES string of the molecule is O=C(O)CC1CC2CCC(C1)N2c1cccc(Br)c1. The summed E-state index contributed by atoms with van der Waals surface area (Å²) in [5, 5.41) is 8.96. The molecule has 1 aromatic rings. The van der Waals surface area contributed by atoms with Crippen LogP contribution in [0.5, 0.6) is 0 Å². The predicted octanol–water partition coefficient (Wildman–Crippen LogP) is 3.67. The topological polar surface area (TPSA) is 40.5 Å².